The topological polar surface area (TPSA) is 59.6 Å². The third-order valence-corrected chi connectivity index (χ3v) is 2.78. The molecule has 0 heterocycles. The Morgan fingerprint density at radius 2 is 1.90 bits per heavy atom. The van der Waals surface area contributed by atoms with Gasteiger partial charge < -0.3 is 20.1 Å². The van der Waals surface area contributed by atoms with E-state index in [-0.39, 0.29) is 11.9 Å². The highest BCUT2D eigenvalue weighted by atomic mass is 16.5. The van der Waals surface area contributed by atoms with Crippen molar-refractivity contribution in [3.8, 4) is 5.75 Å². The van der Waals surface area contributed by atoms with Crippen molar-refractivity contribution in [2.45, 2.75) is 32.9 Å². The van der Waals surface area contributed by atoms with E-state index in [1.54, 1.807) is 7.11 Å². The zero-order valence-electron chi connectivity index (χ0n) is 13.1. The van der Waals surface area contributed by atoms with Gasteiger partial charge in [0.2, 0.25) is 5.91 Å². The average Bonchev–Trinajstić information content (AvgIpc) is 2.44. The normalized spacial score (nSPS) is 10.7. The van der Waals surface area contributed by atoms with Crippen molar-refractivity contribution in [2.24, 2.45) is 0 Å². The lowest BCUT2D eigenvalue weighted by atomic mass is 10.2. The minimum atomic E-state index is 0.0176. The number of ether oxygens (including phenoxy) is 2. The van der Waals surface area contributed by atoms with E-state index >= 15 is 0 Å². The van der Waals surface area contributed by atoms with Crippen LogP contribution in [0, 0.1) is 0 Å². The summed E-state index contributed by atoms with van der Waals surface area (Å²) in [6.07, 6.45) is 0.374. The van der Waals surface area contributed by atoms with Crippen LogP contribution in [0.4, 0.5) is 0 Å². The number of benzene rings is 1. The number of rotatable bonds is 10. The fraction of sp³-hybridized carbons (Fsp3) is 0.562. The van der Waals surface area contributed by atoms with Gasteiger partial charge in [-0.05, 0) is 31.5 Å². The molecule has 0 saturated carbocycles. The second-order valence-corrected chi connectivity index (χ2v) is 5.13. The lowest BCUT2D eigenvalue weighted by Gasteiger charge is -2.10. The molecule has 0 unspecified atom stereocenters. The van der Waals surface area contributed by atoms with Crippen LogP contribution in [-0.4, -0.2) is 38.8 Å². The van der Waals surface area contributed by atoms with Crippen LogP contribution in [-0.2, 0) is 16.1 Å². The number of methoxy groups -OCH3 is 1. The maximum absolute atomic E-state index is 11.5. The lowest BCUT2D eigenvalue weighted by Crippen LogP contribution is -2.31. The molecule has 1 aromatic carbocycles. The molecule has 21 heavy (non-hydrogen) atoms. The van der Waals surface area contributed by atoms with Crippen LogP contribution in [0.1, 0.15) is 25.8 Å². The smallest absolute Gasteiger partial charge is 0.223 e. The first-order chi connectivity index (χ1) is 10.1. The van der Waals surface area contributed by atoms with Crippen molar-refractivity contribution in [1.82, 2.24) is 10.6 Å². The van der Waals surface area contributed by atoms with Gasteiger partial charge >= 0.3 is 0 Å². The van der Waals surface area contributed by atoms with E-state index < -0.39 is 0 Å². The van der Waals surface area contributed by atoms with Crippen molar-refractivity contribution < 1.29 is 14.3 Å². The van der Waals surface area contributed by atoms with Gasteiger partial charge in [-0.2, -0.15) is 0 Å². The molecule has 1 amide bonds. The first-order valence-corrected chi connectivity index (χ1v) is 7.32. The van der Waals surface area contributed by atoms with Gasteiger partial charge in [-0.1, -0.05) is 12.1 Å². The molecule has 5 nitrogen and oxygen atoms in total. The fourth-order valence-corrected chi connectivity index (χ4v) is 1.77. The Kier molecular flexibility index (Phi) is 8.47. The maximum atomic E-state index is 11.5. The molecule has 0 atom stereocenters. The Bertz CT molecular complexity index is 404. The summed E-state index contributed by atoms with van der Waals surface area (Å²) in [7, 11) is 1.69. The van der Waals surface area contributed by atoms with Crippen LogP contribution in [0.3, 0.4) is 0 Å². The highest BCUT2D eigenvalue weighted by molar-refractivity contribution is 5.76. The molecule has 2 N–H and O–H groups in total. The van der Waals surface area contributed by atoms with Gasteiger partial charge in [-0.3, -0.25) is 4.79 Å². The van der Waals surface area contributed by atoms with E-state index in [1.165, 1.54) is 5.56 Å². The molecule has 0 aliphatic rings. The molecular weight excluding hydrogens is 268 g/mol. The fourth-order valence-electron chi connectivity index (χ4n) is 1.77. The molecule has 1 aromatic rings. The van der Waals surface area contributed by atoms with E-state index in [2.05, 4.69) is 10.6 Å². The second kappa shape index (κ2) is 10.2. The summed E-state index contributed by atoms with van der Waals surface area (Å²) in [5.74, 6) is 0.803. The van der Waals surface area contributed by atoms with Gasteiger partial charge in [0.25, 0.3) is 0 Å². The molecule has 0 bridgehead atoms. The van der Waals surface area contributed by atoms with E-state index in [0.29, 0.717) is 19.6 Å². The first-order valence-electron chi connectivity index (χ1n) is 7.32. The maximum Gasteiger partial charge on any atom is 0.223 e. The predicted molar refractivity (Wildman–Crippen MR) is 83.4 cm³/mol. The number of hydrogen-bond donors (Lipinski definition) is 2. The summed E-state index contributed by atoms with van der Waals surface area (Å²) in [5.41, 5.74) is 1.19. The average molecular weight is 294 g/mol. The van der Waals surface area contributed by atoms with Gasteiger partial charge in [-0.25, -0.2) is 0 Å². The highest BCUT2D eigenvalue weighted by Gasteiger charge is 2.03. The van der Waals surface area contributed by atoms with Gasteiger partial charge in [0.15, 0.2) is 0 Å². The molecule has 0 radical (unpaired) electrons. The number of nitrogens with one attached hydrogen (secondary N) is 2. The minimum Gasteiger partial charge on any atom is -0.493 e. The number of carbonyl (C=O) groups excluding carboxylic acids is 1. The summed E-state index contributed by atoms with van der Waals surface area (Å²) >= 11 is 0. The third kappa shape index (κ3) is 8.32. The Morgan fingerprint density at radius 1 is 1.19 bits per heavy atom. The van der Waals surface area contributed by atoms with Gasteiger partial charge in [-0.15, -0.1) is 0 Å². The van der Waals surface area contributed by atoms with E-state index in [4.69, 9.17) is 9.47 Å². The SMILES string of the molecule is COCCNCc1ccc(OCCC(=O)NC(C)C)cc1. The summed E-state index contributed by atoms with van der Waals surface area (Å²) in [5, 5.41) is 6.11. The Balaban J connectivity index is 2.23. The molecule has 118 valence electrons. The first kappa shape index (κ1) is 17.5. The molecule has 5 heteroatoms. The number of hydrogen-bond acceptors (Lipinski definition) is 4. The van der Waals surface area contributed by atoms with Crippen molar-refractivity contribution in [3.63, 3.8) is 0 Å². The third-order valence-electron chi connectivity index (χ3n) is 2.78. The van der Waals surface area contributed by atoms with Crippen LogP contribution < -0.4 is 15.4 Å². The number of amides is 1. The van der Waals surface area contributed by atoms with Crippen molar-refractivity contribution in [3.05, 3.63) is 29.8 Å². The zero-order valence-corrected chi connectivity index (χ0v) is 13.1. The van der Waals surface area contributed by atoms with Crippen LogP contribution >= 0.6 is 0 Å². The standard InChI is InChI=1S/C16H26N2O3/c1-13(2)18-16(19)8-10-21-15-6-4-14(5-7-15)12-17-9-11-20-3/h4-7,13,17H,8-12H2,1-3H3,(H,18,19). The Hall–Kier alpha value is -1.59. The van der Waals surface area contributed by atoms with Gasteiger partial charge in [0, 0.05) is 26.2 Å². The van der Waals surface area contributed by atoms with E-state index in [0.717, 1.165) is 18.8 Å². The van der Waals surface area contributed by atoms with Crippen LogP contribution in [0.25, 0.3) is 0 Å². The molecular formula is C16H26N2O3. The summed E-state index contributed by atoms with van der Waals surface area (Å²) < 4.78 is 10.5. The Labute approximate surface area is 127 Å². The van der Waals surface area contributed by atoms with Gasteiger partial charge in [0.1, 0.15) is 5.75 Å². The zero-order chi connectivity index (χ0) is 15.5. The highest BCUT2D eigenvalue weighted by Crippen LogP contribution is 2.12. The second-order valence-electron chi connectivity index (χ2n) is 5.13. The molecule has 0 fully saturated rings. The molecule has 0 aromatic heterocycles. The van der Waals surface area contributed by atoms with Crippen LogP contribution in [0.15, 0.2) is 24.3 Å². The summed E-state index contributed by atoms with van der Waals surface area (Å²) in [6.45, 7) is 6.63. The molecule has 1 rings (SSSR count). The van der Waals surface area contributed by atoms with Crippen molar-refractivity contribution in [1.29, 1.82) is 0 Å². The minimum absolute atomic E-state index is 0.0176. The molecule has 0 aliphatic heterocycles. The molecule has 0 spiro atoms. The summed E-state index contributed by atoms with van der Waals surface area (Å²) in [6, 6.07) is 8.05. The Morgan fingerprint density at radius 3 is 2.52 bits per heavy atom. The predicted octanol–water partition coefficient (Wildman–Crippen LogP) is 1.72. The quantitative estimate of drug-likeness (QED) is 0.645. The lowest BCUT2D eigenvalue weighted by molar-refractivity contribution is -0.122. The van der Waals surface area contributed by atoms with Crippen molar-refractivity contribution >= 4 is 5.91 Å². The van der Waals surface area contributed by atoms with E-state index in [9.17, 15) is 4.79 Å². The number of carbonyl (C=O) groups is 1. The molecule has 0 saturated heterocycles. The van der Waals surface area contributed by atoms with Gasteiger partial charge in [0.05, 0.1) is 19.6 Å². The molecule has 0 aliphatic carbocycles. The monoisotopic (exact) mass is 294 g/mol. The van der Waals surface area contributed by atoms with Crippen molar-refractivity contribution in [2.75, 3.05) is 26.9 Å². The van der Waals surface area contributed by atoms with Crippen LogP contribution in [0.5, 0.6) is 5.75 Å². The van der Waals surface area contributed by atoms with Crippen LogP contribution in [0.2, 0.25) is 0 Å². The van der Waals surface area contributed by atoms with E-state index in [1.807, 2.05) is 38.1 Å². The summed E-state index contributed by atoms with van der Waals surface area (Å²) in [4.78, 5) is 11.5. The largest absolute Gasteiger partial charge is 0.493 e.